The van der Waals surface area contributed by atoms with E-state index in [1.807, 2.05) is 51.1 Å². The van der Waals surface area contributed by atoms with Gasteiger partial charge in [0.2, 0.25) is 0 Å². The van der Waals surface area contributed by atoms with Gasteiger partial charge in [-0.3, -0.25) is 0 Å². The molecule has 0 bridgehead atoms. The minimum absolute atomic E-state index is 0. The molecule has 0 heterocycles. The molecule has 0 amide bonds. The number of sulfone groups is 1. The molecule has 0 unspecified atom stereocenters. The van der Waals surface area contributed by atoms with Crippen LogP contribution in [-0.2, 0) is 22.8 Å². The number of benzene rings is 2. The second-order valence-electron chi connectivity index (χ2n) is 6.78. The van der Waals surface area contributed by atoms with Gasteiger partial charge in [0.1, 0.15) is 5.75 Å². The van der Waals surface area contributed by atoms with E-state index < -0.39 is 9.84 Å². The molecular formula is C22H32IN3O3S. The quantitative estimate of drug-likeness (QED) is 0.286. The highest BCUT2D eigenvalue weighted by Crippen LogP contribution is 2.18. The fraction of sp³-hybridized carbons (Fsp3) is 0.409. The van der Waals surface area contributed by atoms with Crippen LogP contribution in [0.15, 0.2) is 52.4 Å². The zero-order valence-electron chi connectivity index (χ0n) is 18.1. The first-order valence-electron chi connectivity index (χ1n) is 9.87. The molecule has 0 aliphatic carbocycles. The Morgan fingerprint density at radius 3 is 2.47 bits per heavy atom. The monoisotopic (exact) mass is 545 g/mol. The number of nitrogens with zero attached hydrogens (tertiary/aromatic N) is 1. The van der Waals surface area contributed by atoms with Gasteiger partial charge in [0, 0.05) is 19.3 Å². The maximum Gasteiger partial charge on any atom is 0.191 e. The molecule has 0 atom stereocenters. The lowest BCUT2D eigenvalue weighted by Gasteiger charge is -2.13. The molecule has 0 saturated carbocycles. The third-order valence-electron chi connectivity index (χ3n) is 4.36. The molecular weight excluding hydrogens is 513 g/mol. The standard InChI is InChI=1S/C22H31N3O3S.HI/c1-5-23-22(24-14-13-19-9-7-8-10-20(19)28-6-2)25-16-18-11-12-21(17(3)15-18)29(4,26)27;/h7-12,15H,5-6,13-14,16H2,1-4H3,(H2,23,24,25);1H. The van der Waals surface area contributed by atoms with Gasteiger partial charge in [-0.15, -0.1) is 24.0 Å². The Labute approximate surface area is 197 Å². The Hall–Kier alpha value is -1.81. The number of aliphatic imine (C=N–C) groups is 1. The van der Waals surface area contributed by atoms with Gasteiger partial charge < -0.3 is 15.4 Å². The Morgan fingerprint density at radius 1 is 1.10 bits per heavy atom. The second-order valence-corrected chi connectivity index (χ2v) is 8.77. The summed E-state index contributed by atoms with van der Waals surface area (Å²) in [5.74, 6) is 1.64. The summed E-state index contributed by atoms with van der Waals surface area (Å²) in [7, 11) is -3.21. The number of guanidine groups is 1. The highest BCUT2D eigenvalue weighted by Gasteiger charge is 2.10. The Morgan fingerprint density at radius 2 is 1.83 bits per heavy atom. The Balaban J connectivity index is 0.00000450. The van der Waals surface area contributed by atoms with Gasteiger partial charge in [-0.1, -0.05) is 30.3 Å². The number of nitrogens with one attached hydrogen (secondary N) is 2. The number of rotatable bonds is 9. The first kappa shape index (κ1) is 26.2. The molecule has 0 spiro atoms. The summed E-state index contributed by atoms with van der Waals surface area (Å²) in [4.78, 5) is 4.98. The molecule has 2 N–H and O–H groups in total. The van der Waals surface area contributed by atoms with Crippen molar-refractivity contribution in [1.82, 2.24) is 10.6 Å². The molecule has 2 aromatic carbocycles. The molecule has 0 aromatic heterocycles. The average Bonchev–Trinajstić information content (AvgIpc) is 2.66. The largest absolute Gasteiger partial charge is 0.494 e. The van der Waals surface area contributed by atoms with Crippen LogP contribution in [0.4, 0.5) is 0 Å². The van der Waals surface area contributed by atoms with E-state index in [1.165, 1.54) is 6.26 Å². The third kappa shape index (κ3) is 8.14. The minimum Gasteiger partial charge on any atom is -0.494 e. The van der Waals surface area contributed by atoms with Crippen LogP contribution in [0, 0.1) is 6.92 Å². The summed E-state index contributed by atoms with van der Waals surface area (Å²) in [6.45, 7) is 8.40. The Kier molecular flexibility index (Phi) is 11.2. The van der Waals surface area contributed by atoms with Crippen LogP contribution in [0.3, 0.4) is 0 Å². The highest BCUT2D eigenvalue weighted by atomic mass is 127. The van der Waals surface area contributed by atoms with E-state index in [2.05, 4.69) is 21.7 Å². The fourth-order valence-corrected chi connectivity index (χ4v) is 4.02. The summed E-state index contributed by atoms with van der Waals surface area (Å²) >= 11 is 0. The molecule has 0 fully saturated rings. The molecule has 0 aliphatic rings. The van der Waals surface area contributed by atoms with E-state index in [0.717, 1.165) is 47.9 Å². The summed E-state index contributed by atoms with van der Waals surface area (Å²) in [6, 6.07) is 13.4. The molecule has 0 saturated heterocycles. The molecule has 0 radical (unpaired) electrons. The van der Waals surface area contributed by atoms with E-state index in [0.29, 0.717) is 18.0 Å². The SMILES string of the molecule is CCNC(=NCc1ccc(S(C)(=O)=O)c(C)c1)NCCc1ccccc1OCC.I. The molecule has 2 aromatic rings. The first-order valence-corrected chi connectivity index (χ1v) is 11.8. The van der Waals surface area contributed by atoms with E-state index in [4.69, 9.17) is 4.74 Å². The lowest BCUT2D eigenvalue weighted by atomic mass is 10.1. The van der Waals surface area contributed by atoms with Gasteiger partial charge in [-0.2, -0.15) is 0 Å². The molecule has 30 heavy (non-hydrogen) atoms. The molecule has 166 valence electrons. The molecule has 8 heteroatoms. The molecule has 6 nitrogen and oxygen atoms in total. The predicted molar refractivity (Wildman–Crippen MR) is 134 cm³/mol. The Bertz CT molecular complexity index is 946. The smallest absolute Gasteiger partial charge is 0.191 e. The maximum atomic E-state index is 11.8. The van der Waals surface area contributed by atoms with Crippen molar-refractivity contribution < 1.29 is 13.2 Å². The van der Waals surface area contributed by atoms with Crippen molar-refractivity contribution in [1.29, 1.82) is 0 Å². The van der Waals surface area contributed by atoms with E-state index >= 15 is 0 Å². The number of hydrogen-bond acceptors (Lipinski definition) is 4. The van der Waals surface area contributed by atoms with Crippen LogP contribution in [0.2, 0.25) is 0 Å². The van der Waals surface area contributed by atoms with Crippen molar-refractivity contribution in [2.45, 2.75) is 38.6 Å². The van der Waals surface area contributed by atoms with Crippen LogP contribution in [-0.4, -0.2) is 40.3 Å². The van der Waals surface area contributed by atoms with E-state index in [1.54, 1.807) is 6.07 Å². The summed E-state index contributed by atoms with van der Waals surface area (Å²) in [5.41, 5.74) is 2.86. The lowest BCUT2D eigenvalue weighted by Crippen LogP contribution is -2.38. The van der Waals surface area contributed by atoms with Gasteiger partial charge >= 0.3 is 0 Å². The van der Waals surface area contributed by atoms with E-state index in [9.17, 15) is 8.42 Å². The van der Waals surface area contributed by atoms with Crippen LogP contribution >= 0.6 is 24.0 Å². The van der Waals surface area contributed by atoms with Crippen molar-refractivity contribution in [3.8, 4) is 5.75 Å². The summed E-state index contributed by atoms with van der Waals surface area (Å²) in [5, 5.41) is 6.59. The van der Waals surface area contributed by atoms with Crippen molar-refractivity contribution in [3.63, 3.8) is 0 Å². The normalized spacial score (nSPS) is 11.5. The van der Waals surface area contributed by atoms with Gasteiger partial charge in [-0.05, 0) is 56.0 Å². The van der Waals surface area contributed by atoms with Gasteiger partial charge in [0.25, 0.3) is 0 Å². The van der Waals surface area contributed by atoms with Crippen molar-refractivity contribution in [2.75, 3.05) is 26.0 Å². The topological polar surface area (TPSA) is 79.8 Å². The molecule has 0 aliphatic heterocycles. The highest BCUT2D eigenvalue weighted by molar-refractivity contribution is 14.0. The number of hydrogen-bond donors (Lipinski definition) is 2. The van der Waals surface area contributed by atoms with Crippen LogP contribution in [0.1, 0.15) is 30.5 Å². The maximum absolute atomic E-state index is 11.8. The van der Waals surface area contributed by atoms with Crippen LogP contribution in [0.5, 0.6) is 5.75 Å². The number of halogens is 1. The summed E-state index contributed by atoms with van der Waals surface area (Å²) in [6.07, 6.45) is 2.05. The van der Waals surface area contributed by atoms with Crippen molar-refractivity contribution in [3.05, 3.63) is 59.2 Å². The second kappa shape index (κ2) is 12.8. The van der Waals surface area contributed by atoms with E-state index in [-0.39, 0.29) is 24.0 Å². The summed E-state index contributed by atoms with van der Waals surface area (Å²) < 4.78 is 29.2. The number of para-hydroxylation sites is 1. The van der Waals surface area contributed by atoms with Crippen molar-refractivity contribution >= 4 is 39.8 Å². The average molecular weight is 545 g/mol. The fourth-order valence-electron chi connectivity index (χ4n) is 3.06. The molecule has 2 rings (SSSR count). The minimum atomic E-state index is -3.21. The zero-order valence-corrected chi connectivity index (χ0v) is 21.2. The van der Waals surface area contributed by atoms with Gasteiger partial charge in [-0.25, -0.2) is 13.4 Å². The third-order valence-corrected chi connectivity index (χ3v) is 5.62. The van der Waals surface area contributed by atoms with Crippen molar-refractivity contribution in [2.24, 2.45) is 4.99 Å². The number of aryl methyl sites for hydroxylation is 1. The van der Waals surface area contributed by atoms with Gasteiger partial charge in [0.15, 0.2) is 15.8 Å². The lowest BCUT2D eigenvalue weighted by molar-refractivity contribution is 0.336. The predicted octanol–water partition coefficient (Wildman–Crippen LogP) is 3.71. The zero-order chi connectivity index (χ0) is 21.3. The first-order chi connectivity index (χ1) is 13.8. The number of ether oxygens (including phenoxy) is 1. The van der Waals surface area contributed by atoms with Crippen LogP contribution < -0.4 is 15.4 Å². The van der Waals surface area contributed by atoms with Gasteiger partial charge in [0.05, 0.1) is 18.0 Å². The van der Waals surface area contributed by atoms with Crippen LogP contribution in [0.25, 0.3) is 0 Å².